The largest absolute Gasteiger partial charge is 0.480 e. The van der Waals surface area contributed by atoms with E-state index in [1.807, 2.05) is 67.2 Å². The molecule has 0 saturated heterocycles. The molecule has 1 aromatic carbocycles. The van der Waals surface area contributed by atoms with Gasteiger partial charge in [0.15, 0.2) is 57.8 Å². The molecule has 0 fully saturated rings. The highest BCUT2D eigenvalue weighted by molar-refractivity contribution is 6.55. The number of aromatic nitrogens is 18. The van der Waals surface area contributed by atoms with E-state index >= 15 is 0 Å². The summed E-state index contributed by atoms with van der Waals surface area (Å²) < 4.78 is 72.5. The van der Waals surface area contributed by atoms with Crippen molar-refractivity contribution in [2.45, 2.75) is 110 Å². The van der Waals surface area contributed by atoms with Crippen molar-refractivity contribution in [3.63, 3.8) is 0 Å². The summed E-state index contributed by atoms with van der Waals surface area (Å²) in [5.74, 6) is -2.91. The summed E-state index contributed by atoms with van der Waals surface area (Å²) in [6.07, 6.45) is 23.6. The van der Waals surface area contributed by atoms with E-state index < -0.39 is 29.7 Å². The Hall–Kier alpha value is -17.2. The molecule has 0 bridgehead atoms. The number of alkyl halides is 3. The van der Waals surface area contributed by atoms with Gasteiger partial charge in [-0.25, -0.2) is 34.9 Å². The van der Waals surface area contributed by atoms with Crippen molar-refractivity contribution in [3.8, 4) is 29.9 Å². The zero-order chi connectivity index (χ0) is 101. The highest BCUT2D eigenvalue weighted by Gasteiger charge is 2.44. The maximum absolute atomic E-state index is 13.6. The molecule has 5 aliphatic carbocycles. The predicted octanol–water partition coefficient (Wildman–Crippen LogP) is 11.4. The van der Waals surface area contributed by atoms with E-state index in [-0.39, 0.29) is 150 Å². The number of Topliss-reactive ketones (excluding diaryl/α,β-unsaturated/α-hetero) is 10. The summed E-state index contributed by atoms with van der Waals surface area (Å²) in [7, 11) is 7.49. The van der Waals surface area contributed by atoms with Crippen LogP contribution in [-0.4, -0.2) is 221 Å². The Morgan fingerprint density at radius 3 is 0.944 bits per heavy atom. The number of carbonyl (C=O) groups is 10. The Balaban J connectivity index is 0.000000129. The molecule has 726 valence electrons. The minimum absolute atomic E-state index is 0.0163. The molecule has 0 saturated carbocycles. The van der Waals surface area contributed by atoms with Crippen LogP contribution < -0.4 is 18.9 Å². The number of nitriles is 1. The lowest BCUT2D eigenvalue weighted by molar-refractivity contribution is -0.138. The summed E-state index contributed by atoms with van der Waals surface area (Å²) >= 11 is 0. The normalized spacial score (nSPS) is 14.4. The molecule has 0 spiro atoms. The van der Waals surface area contributed by atoms with Crippen LogP contribution in [0.1, 0.15) is 132 Å². The Bertz CT molecular complexity index is 7860. The fourth-order valence-corrected chi connectivity index (χ4v) is 18.1. The first-order chi connectivity index (χ1) is 69.3. The van der Waals surface area contributed by atoms with Crippen LogP contribution in [0.5, 0.6) is 23.8 Å². The number of ketones is 10. The van der Waals surface area contributed by atoms with Gasteiger partial charge in [0, 0.05) is 265 Å². The zero-order valence-electron chi connectivity index (χ0n) is 77.7. The van der Waals surface area contributed by atoms with Crippen molar-refractivity contribution in [2.24, 2.45) is 7.05 Å². The summed E-state index contributed by atoms with van der Waals surface area (Å²) in [6.45, 7) is 2.78. The van der Waals surface area contributed by atoms with Gasteiger partial charge in [0.05, 0.1) is 112 Å². The number of aryl methyl sites for hydroxylation is 6. The maximum atomic E-state index is 13.6. The molecule has 4 N–H and O–H groups in total. The first-order valence-corrected chi connectivity index (χ1v) is 45.2. The van der Waals surface area contributed by atoms with Crippen molar-refractivity contribution in [2.75, 3.05) is 54.9 Å². The molecule has 0 atom stereocenters. The quantitative estimate of drug-likeness (QED) is 0.0250. The second kappa shape index (κ2) is 43.5. The number of ether oxygens (including phenoxy) is 4. The van der Waals surface area contributed by atoms with Crippen LogP contribution in [0.25, 0.3) is 111 Å². The van der Waals surface area contributed by atoms with E-state index in [2.05, 4.69) is 66.0 Å². The number of methoxy groups -OCH3 is 4. The summed E-state index contributed by atoms with van der Waals surface area (Å²) in [5.41, 5.74) is 8.95. The number of fused-ring (bicyclic) bond motifs is 5. The van der Waals surface area contributed by atoms with Crippen LogP contribution in [0.15, 0.2) is 190 Å². The molecule has 5 aliphatic rings. The first-order valence-electron chi connectivity index (χ1n) is 45.2. The SMILES string of the molecule is COc1ncc(C2=C(c3cn(CCCC#N)c4ncccc34)C(=O)CC2=O)c(OC)n1.COc1ncc(C2=C(c3cn(CCCO)c4ncccc34)C(=O)CC2=O)c(OC)n1.Cn1ccc(C2=C(c3cn(CCCO)c4ncccc34)C(=O)CC2=O)n1.O=C1CC(=O)C(c2cn(CCCO)c3ncccc23)=C1c1ccccc1C(F)(F)F.O=C1CC(=O)C(c2cn(CCCO)c3ncccc23)=C1c1cnccn1. The maximum Gasteiger partial charge on any atom is 0.417 e. The molecule has 20 rings (SSSR count). The van der Waals surface area contributed by atoms with Gasteiger partial charge in [0.1, 0.15) is 28.2 Å². The highest BCUT2D eigenvalue weighted by Crippen LogP contribution is 2.48. The van der Waals surface area contributed by atoms with Crippen LogP contribution in [0.2, 0.25) is 0 Å². The summed E-state index contributed by atoms with van der Waals surface area (Å²) in [4.78, 5) is 174. The first kappa shape index (κ1) is 98.9. The number of unbranched alkanes of at least 4 members (excludes halogenated alkanes) is 1. The average Bonchev–Trinajstić information content (AvgIpc) is 1.61. The van der Waals surface area contributed by atoms with Gasteiger partial charge >= 0.3 is 18.2 Å². The number of carbonyl (C=O) groups excluding carboxylic acids is 10. The van der Waals surface area contributed by atoms with Crippen molar-refractivity contribution >= 4 is 169 Å². The third kappa shape index (κ3) is 20.0. The number of halogens is 3. The number of allylic oxidation sites excluding steroid dienone is 10. The van der Waals surface area contributed by atoms with Gasteiger partial charge in [0.25, 0.3) is 0 Å². The van der Waals surface area contributed by atoms with E-state index in [4.69, 9.17) is 39.5 Å². The smallest absolute Gasteiger partial charge is 0.417 e. The molecule has 40 heteroatoms. The van der Waals surface area contributed by atoms with E-state index in [1.165, 1.54) is 77.6 Å². The zero-order valence-corrected chi connectivity index (χ0v) is 77.7. The van der Waals surface area contributed by atoms with Crippen LogP contribution in [0.4, 0.5) is 13.2 Å². The number of hydrogen-bond acceptors (Lipinski definition) is 31. The fraction of sp³-hybridized carbons (Fsp3) is 0.252. The lowest BCUT2D eigenvalue weighted by Crippen LogP contribution is -2.10. The van der Waals surface area contributed by atoms with Crippen molar-refractivity contribution < 1.29 is 100 Å². The number of benzene rings is 1. The van der Waals surface area contributed by atoms with Gasteiger partial charge in [-0.3, -0.25) is 62.6 Å². The van der Waals surface area contributed by atoms with E-state index in [1.54, 1.807) is 102 Å². The van der Waals surface area contributed by atoms with Gasteiger partial charge in [-0.15, -0.1) is 0 Å². The Morgan fingerprint density at radius 1 is 0.343 bits per heavy atom. The van der Waals surface area contributed by atoms with Gasteiger partial charge in [0.2, 0.25) is 11.8 Å². The summed E-state index contributed by atoms with van der Waals surface area (Å²) in [5, 5.41) is 53.5. The Kier molecular flexibility index (Phi) is 30.1. The van der Waals surface area contributed by atoms with Crippen LogP contribution in [-0.2, 0) is 93.9 Å². The number of hydrogen-bond donors (Lipinski definition) is 4. The van der Waals surface area contributed by atoms with Gasteiger partial charge in [-0.05, 0) is 110 Å². The second-order valence-electron chi connectivity index (χ2n) is 33.1. The van der Waals surface area contributed by atoms with Crippen molar-refractivity contribution in [1.29, 1.82) is 5.26 Å². The fourth-order valence-electron chi connectivity index (χ4n) is 18.1. The predicted molar refractivity (Wildman–Crippen MR) is 515 cm³/mol. The molecule has 14 aromatic heterocycles. The Morgan fingerprint density at radius 2 is 0.650 bits per heavy atom. The van der Waals surface area contributed by atoms with E-state index in [0.717, 1.165) is 33.3 Å². The van der Waals surface area contributed by atoms with E-state index in [0.29, 0.717) is 183 Å². The summed E-state index contributed by atoms with van der Waals surface area (Å²) in [6, 6.07) is 26.9. The van der Waals surface area contributed by atoms with Gasteiger partial charge in [-0.2, -0.15) is 33.5 Å². The minimum atomic E-state index is -4.67. The number of pyridine rings is 5. The molecule has 0 unspecified atom stereocenters. The van der Waals surface area contributed by atoms with Crippen LogP contribution >= 0.6 is 0 Å². The molecule has 0 radical (unpaired) electrons. The standard InChI is InChI=1S/C22H17F3N2O3.C22H19N5O4.C21H20N4O5.C19H18N4O3.C19H16N4O3/c23-22(24,25)16-7-2-1-5-14(16)19-17(29)11-18(30)20(19)15-12-27(9-4-10-28)21-13(15)6-3-8-26-21;1-30-21-14(11-25-22(26-21)31-2)18-16(28)10-17(29)19(18)15-12-27(9-4-3-7-23)20-13(15)6-5-8-24-20;1-29-20-13(10-23-21(24-20)30-2)17-15(27)9-16(28)18(17)14-11-25(7-4-8-26)19-12(14)5-3-6-22-19;1-22-8-5-14(21-22)18-16(26)10-15(25)17(18)13-11-23(7-3-9-24)19-12(13)4-2-6-20-19;24-8-2-7-23-11-13(12-3-1-4-22-19(12)23)17-15(25)9-16(26)18(17)14-10-20-5-6-21-14/h1-3,5-8,12,28H,4,9-11H2;5-6,8,11-12H,3-4,9-10H2,1-2H3;3,5-6,10-11,26H,4,7-9H2,1-2H3;2,4-6,8,11,24H,3,7,9-10H2,1H3;1,3-6,10-11,24H,2,7-9H2. The molecule has 0 amide bonds. The van der Waals surface area contributed by atoms with Gasteiger partial charge < -0.3 is 62.2 Å². The molecular formula is C103H90F3N19O18. The van der Waals surface area contributed by atoms with Crippen molar-refractivity contribution in [3.05, 3.63) is 252 Å². The monoisotopic (exact) mass is 1940 g/mol. The third-order valence-electron chi connectivity index (χ3n) is 24.1. The molecule has 14 heterocycles. The van der Waals surface area contributed by atoms with E-state index in [9.17, 15) is 66.2 Å². The lowest BCUT2D eigenvalue weighted by atomic mass is 9.93. The molecule has 37 nitrogen and oxygen atoms in total. The molecule has 15 aromatic rings. The second-order valence-corrected chi connectivity index (χ2v) is 33.1. The van der Waals surface area contributed by atoms with Crippen molar-refractivity contribution in [1.82, 2.24) is 87.4 Å². The lowest BCUT2D eigenvalue weighted by Gasteiger charge is -2.14. The van der Waals surface area contributed by atoms with Gasteiger partial charge in [-0.1, -0.05) is 18.2 Å². The third-order valence-corrected chi connectivity index (χ3v) is 24.1. The number of aliphatic hydroxyl groups excluding tert-OH is 4. The Labute approximate surface area is 810 Å². The van der Waals surface area contributed by atoms with Crippen LogP contribution in [0, 0.1) is 11.3 Å². The highest BCUT2D eigenvalue weighted by atomic mass is 19.4. The topological polar surface area (TPSA) is 497 Å². The average molecular weight is 1940 g/mol. The minimum Gasteiger partial charge on any atom is -0.480 e. The molecule has 0 aliphatic heterocycles. The molecule has 143 heavy (non-hydrogen) atoms. The molecular weight excluding hydrogens is 1850 g/mol. The number of aliphatic hydroxyl groups is 4. The number of nitrogens with zero attached hydrogens (tertiary/aromatic N) is 19. The number of rotatable bonds is 29. The van der Waals surface area contributed by atoms with Crippen LogP contribution in [0.3, 0.4) is 0 Å².